The molecule has 0 radical (unpaired) electrons. The van der Waals surface area contributed by atoms with Crippen LogP contribution in [0.5, 0.6) is 0 Å². The molecule has 0 unspecified atom stereocenters. The molecule has 1 aromatic carbocycles. The summed E-state index contributed by atoms with van der Waals surface area (Å²) in [7, 11) is 0. The second-order valence-corrected chi connectivity index (χ2v) is 2.86. The lowest BCUT2D eigenvalue weighted by Gasteiger charge is -1.98. The number of benzene rings is 1. The molecular weight excluding hydrogens is 185 g/mol. The van der Waals surface area contributed by atoms with E-state index in [1.54, 1.807) is 12.1 Å². The first-order valence-corrected chi connectivity index (χ1v) is 4.31. The van der Waals surface area contributed by atoms with Crippen molar-refractivity contribution in [1.82, 2.24) is 5.16 Å². The lowest BCUT2D eigenvalue weighted by molar-refractivity contribution is 0.443. The van der Waals surface area contributed by atoms with E-state index in [9.17, 15) is 4.39 Å². The van der Waals surface area contributed by atoms with Crippen molar-refractivity contribution >= 4 is 16.8 Å². The molecule has 0 saturated heterocycles. The van der Waals surface area contributed by atoms with Crippen LogP contribution in [0.15, 0.2) is 22.7 Å². The molecule has 4 nitrogen and oxygen atoms in total. The molecule has 3 N–H and O–H groups in total. The van der Waals surface area contributed by atoms with Crippen LogP contribution in [0.2, 0.25) is 0 Å². The molecule has 0 saturated carbocycles. The Balaban J connectivity index is 2.42. The van der Waals surface area contributed by atoms with Gasteiger partial charge in [-0.2, -0.15) is 0 Å². The van der Waals surface area contributed by atoms with Crippen molar-refractivity contribution in [3.8, 4) is 0 Å². The summed E-state index contributed by atoms with van der Waals surface area (Å²) in [5.74, 6) is 0.126. The van der Waals surface area contributed by atoms with E-state index in [0.29, 0.717) is 24.3 Å². The van der Waals surface area contributed by atoms with Gasteiger partial charge < -0.3 is 15.6 Å². The van der Waals surface area contributed by atoms with Crippen molar-refractivity contribution < 1.29 is 8.91 Å². The fraction of sp³-hybridized carbons (Fsp3) is 0.222. The predicted molar refractivity (Wildman–Crippen MR) is 51.5 cm³/mol. The van der Waals surface area contributed by atoms with Crippen molar-refractivity contribution in [1.29, 1.82) is 0 Å². The summed E-state index contributed by atoms with van der Waals surface area (Å²) in [6.07, 6.45) is 0. The van der Waals surface area contributed by atoms with Crippen LogP contribution in [-0.4, -0.2) is 18.2 Å². The fourth-order valence-electron chi connectivity index (χ4n) is 1.25. The van der Waals surface area contributed by atoms with Crippen LogP contribution >= 0.6 is 0 Å². The Bertz CT molecular complexity index is 441. The monoisotopic (exact) mass is 195 g/mol. The number of nitrogens with one attached hydrogen (secondary N) is 1. The average molecular weight is 195 g/mol. The van der Waals surface area contributed by atoms with Gasteiger partial charge in [0.1, 0.15) is 0 Å². The van der Waals surface area contributed by atoms with Gasteiger partial charge in [0.05, 0.1) is 5.39 Å². The fourth-order valence-corrected chi connectivity index (χ4v) is 1.25. The summed E-state index contributed by atoms with van der Waals surface area (Å²) < 4.78 is 18.0. The van der Waals surface area contributed by atoms with Gasteiger partial charge in [-0.25, -0.2) is 4.39 Å². The number of nitrogens with two attached hydrogens (primary N) is 1. The molecule has 2 aromatic rings. The second kappa shape index (κ2) is 3.63. The number of hydrogen-bond acceptors (Lipinski definition) is 4. The van der Waals surface area contributed by atoms with Crippen LogP contribution < -0.4 is 11.1 Å². The minimum absolute atomic E-state index is 0.173. The summed E-state index contributed by atoms with van der Waals surface area (Å²) in [5, 5.41) is 7.30. The van der Waals surface area contributed by atoms with Gasteiger partial charge in [-0.1, -0.05) is 11.2 Å². The van der Waals surface area contributed by atoms with Gasteiger partial charge in [-0.15, -0.1) is 0 Å². The SMILES string of the molecule is NCCNc1noc2c(F)cccc12. The van der Waals surface area contributed by atoms with Gasteiger partial charge in [-0.3, -0.25) is 0 Å². The lowest BCUT2D eigenvalue weighted by Crippen LogP contribution is -2.13. The Morgan fingerprint density at radius 3 is 3.14 bits per heavy atom. The van der Waals surface area contributed by atoms with Gasteiger partial charge in [-0.05, 0) is 12.1 Å². The van der Waals surface area contributed by atoms with Crippen molar-refractivity contribution in [3.05, 3.63) is 24.0 Å². The van der Waals surface area contributed by atoms with Crippen LogP contribution in [0.25, 0.3) is 11.0 Å². The molecule has 0 aliphatic carbocycles. The summed E-state index contributed by atoms with van der Waals surface area (Å²) in [6.45, 7) is 1.07. The standard InChI is InChI=1S/C9H10FN3O/c10-7-3-1-2-6-8(7)14-13-9(6)12-5-4-11/h1-3H,4-5,11H2,(H,12,13). The number of fused-ring (bicyclic) bond motifs is 1. The lowest BCUT2D eigenvalue weighted by atomic mass is 10.2. The van der Waals surface area contributed by atoms with E-state index in [4.69, 9.17) is 10.3 Å². The molecular formula is C9H10FN3O. The molecule has 1 aromatic heterocycles. The number of nitrogens with zero attached hydrogens (tertiary/aromatic N) is 1. The van der Waals surface area contributed by atoms with Crippen LogP contribution in [0, 0.1) is 5.82 Å². The molecule has 1 heterocycles. The van der Waals surface area contributed by atoms with Crippen LogP contribution in [0.1, 0.15) is 0 Å². The molecule has 2 rings (SSSR count). The Morgan fingerprint density at radius 1 is 1.50 bits per heavy atom. The van der Waals surface area contributed by atoms with Crippen LogP contribution in [0.3, 0.4) is 0 Å². The first kappa shape index (κ1) is 8.96. The van der Waals surface area contributed by atoms with E-state index in [-0.39, 0.29) is 5.58 Å². The number of anilines is 1. The van der Waals surface area contributed by atoms with E-state index in [0.717, 1.165) is 0 Å². The highest BCUT2D eigenvalue weighted by atomic mass is 19.1. The zero-order valence-corrected chi connectivity index (χ0v) is 7.46. The first-order valence-electron chi connectivity index (χ1n) is 4.31. The van der Waals surface area contributed by atoms with E-state index >= 15 is 0 Å². The number of para-hydroxylation sites is 1. The second-order valence-electron chi connectivity index (χ2n) is 2.86. The Hall–Kier alpha value is -1.62. The molecule has 0 atom stereocenters. The highest BCUT2D eigenvalue weighted by molar-refractivity contribution is 5.88. The Morgan fingerprint density at radius 2 is 2.36 bits per heavy atom. The summed E-state index contributed by atoms with van der Waals surface area (Å²) >= 11 is 0. The largest absolute Gasteiger partial charge is 0.365 e. The smallest absolute Gasteiger partial charge is 0.204 e. The molecule has 0 spiro atoms. The van der Waals surface area contributed by atoms with Gasteiger partial charge in [0.25, 0.3) is 0 Å². The maximum Gasteiger partial charge on any atom is 0.204 e. The first-order chi connectivity index (χ1) is 6.83. The molecule has 0 aliphatic heterocycles. The number of halogens is 1. The summed E-state index contributed by atoms with van der Waals surface area (Å²) in [4.78, 5) is 0. The number of hydrogen-bond donors (Lipinski definition) is 2. The highest BCUT2D eigenvalue weighted by Crippen LogP contribution is 2.24. The normalized spacial score (nSPS) is 10.7. The number of aromatic nitrogens is 1. The minimum Gasteiger partial charge on any atom is -0.365 e. The van der Waals surface area contributed by atoms with E-state index in [1.807, 2.05) is 0 Å². The highest BCUT2D eigenvalue weighted by Gasteiger charge is 2.10. The molecule has 0 amide bonds. The predicted octanol–water partition coefficient (Wildman–Crippen LogP) is 1.34. The maximum absolute atomic E-state index is 13.1. The summed E-state index contributed by atoms with van der Waals surface area (Å²) in [6, 6.07) is 4.69. The zero-order valence-electron chi connectivity index (χ0n) is 7.46. The number of rotatable bonds is 3. The maximum atomic E-state index is 13.1. The Labute approximate surface area is 79.9 Å². The third kappa shape index (κ3) is 1.42. The van der Waals surface area contributed by atoms with E-state index in [1.165, 1.54) is 6.07 Å². The van der Waals surface area contributed by atoms with E-state index < -0.39 is 5.82 Å². The topological polar surface area (TPSA) is 64.1 Å². The van der Waals surface area contributed by atoms with Crippen LogP contribution in [-0.2, 0) is 0 Å². The third-order valence-electron chi connectivity index (χ3n) is 1.89. The zero-order chi connectivity index (χ0) is 9.97. The average Bonchev–Trinajstić information content (AvgIpc) is 2.60. The van der Waals surface area contributed by atoms with Crippen molar-refractivity contribution in [3.63, 3.8) is 0 Å². The van der Waals surface area contributed by atoms with Gasteiger partial charge in [0.2, 0.25) is 5.58 Å². The molecule has 0 fully saturated rings. The van der Waals surface area contributed by atoms with Crippen molar-refractivity contribution in [2.45, 2.75) is 0 Å². The molecule has 0 bridgehead atoms. The van der Waals surface area contributed by atoms with E-state index in [2.05, 4.69) is 10.5 Å². The van der Waals surface area contributed by atoms with Crippen LogP contribution in [0.4, 0.5) is 10.2 Å². The van der Waals surface area contributed by atoms with Crippen molar-refractivity contribution in [2.75, 3.05) is 18.4 Å². The third-order valence-corrected chi connectivity index (χ3v) is 1.89. The van der Waals surface area contributed by atoms with Gasteiger partial charge in [0, 0.05) is 13.1 Å². The molecule has 0 aliphatic rings. The molecule has 14 heavy (non-hydrogen) atoms. The van der Waals surface area contributed by atoms with Crippen molar-refractivity contribution in [2.24, 2.45) is 5.73 Å². The quantitative estimate of drug-likeness (QED) is 0.775. The summed E-state index contributed by atoms with van der Waals surface area (Å²) in [5.41, 5.74) is 5.50. The minimum atomic E-state index is -0.407. The Kier molecular flexibility index (Phi) is 2.32. The van der Waals surface area contributed by atoms with Gasteiger partial charge >= 0.3 is 0 Å². The van der Waals surface area contributed by atoms with Gasteiger partial charge in [0.15, 0.2) is 11.6 Å². The molecule has 5 heteroatoms. The molecule has 74 valence electrons.